The quantitative estimate of drug-likeness (QED) is 0.756. The summed E-state index contributed by atoms with van der Waals surface area (Å²) in [6.45, 7) is 0.568. The lowest BCUT2D eigenvalue weighted by atomic mass is 10.2. The SMILES string of the molecule is O=C(CCc1nc(-c2cccnc2)cs1)NCc1ccccc1. The zero-order chi connectivity index (χ0) is 15.9. The molecule has 3 aromatic rings. The lowest BCUT2D eigenvalue weighted by Crippen LogP contribution is -2.22. The zero-order valence-electron chi connectivity index (χ0n) is 12.6. The molecule has 0 spiro atoms. The summed E-state index contributed by atoms with van der Waals surface area (Å²) >= 11 is 1.58. The Morgan fingerprint density at radius 1 is 1.13 bits per heavy atom. The summed E-state index contributed by atoms with van der Waals surface area (Å²) in [6.07, 6.45) is 4.65. The van der Waals surface area contributed by atoms with Crippen molar-refractivity contribution >= 4 is 17.2 Å². The molecule has 0 saturated carbocycles. The molecule has 0 aliphatic rings. The number of amides is 1. The van der Waals surface area contributed by atoms with Gasteiger partial charge in [-0.25, -0.2) is 4.98 Å². The number of hydrogen-bond donors (Lipinski definition) is 1. The third-order valence-corrected chi connectivity index (χ3v) is 4.32. The molecule has 0 radical (unpaired) electrons. The van der Waals surface area contributed by atoms with Crippen LogP contribution in [0.3, 0.4) is 0 Å². The molecule has 5 heteroatoms. The van der Waals surface area contributed by atoms with Gasteiger partial charge >= 0.3 is 0 Å². The van der Waals surface area contributed by atoms with Crippen LogP contribution in [-0.2, 0) is 17.8 Å². The van der Waals surface area contributed by atoms with Crippen molar-refractivity contribution in [2.24, 2.45) is 0 Å². The van der Waals surface area contributed by atoms with E-state index >= 15 is 0 Å². The number of hydrogen-bond acceptors (Lipinski definition) is 4. The van der Waals surface area contributed by atoms with Gasteiger partial charge in [0.1, 0.15) is 0 Å². The Balaban J connectivity index is 1.49. The second-order valence-electron chi connectivity index (χ2n) is 5.13. The van der Waals surface area contributed by atoms with Crippen LogP contribution in [0.1, 0.15) is 17.0 Å². The van der Waals surface area contributed by atoms with E-state index in [4.69, 9.17) is 0 Å². The van der Waals surface area contributed by atoms with Gasteiger partial charge in [0.05, 0.1) is 10.7 Å². The van der Waals surface area contributed by atoms with E-state index < -0.39 is 0 Å². The summed E-state index contributed by atoms with van der Waals surface area (Å²) in [6, 6.07) is 13.8. The topological polar surface area (TPSA) is 54.9 Å². The third kappa shape index (κ3) is 4.47. The van der Waals surface area contributed by atoms with Crippen molar-refractivity contribution < 1.29 is 4.79 Å². The molecule has 0 saturated heterocycles. The number of nitrogens with zero attached hydrogens (tertiary/aromatic N) is 2. The van der Waals surface area contributed by atoms with Gasteiger partial charge in [0, 0.05) is 42.7 Å². The standard InChI is InChI=1S/C18H17N3OS/c22-17(20-11-14-5-2-1-3-6-14)8-9-18-21-16(13-23-18)15-7-4-10-19-12-15/h1-7,10,12-13H,8-9,11H2,(H,20,22). The lowest BCUT2D eigenvalue weighted by molar-refractivity contribution is -0.121. The largest absolute Gasteiger partial charge is 0.352 e. The zero-order valence-corrected chi connectivity index (χ0v) is 13.4. The molecule has 1 amide bonds. The maximum absolute atomic E-state index is 11.9. The molecule has 2 aromatic heterocycles. The van der Waals surface area contributed by atoms with Crippen molar-refractivity contribution in [1.82, 2.24) is 15.3 Å². The van der Waals surface area contributed by atoms with Crippen LogP contribution in [0.15, 0.2) is 60.2 Å². The number of pyridine rings is 1. The van der Waals surface area contributed by atoms with Crippen LogP contribution in [0.2, 0.25) is 0 Å². The second kappa shape index (κ2) is 7.65. The summed E-state index contributed by atoms with van der Waals surface area (Å²) in [7, 11) is 0. The van der Waals surface area contributed by atoms with Crippen LogP contribution in [0, 0.1) is 0 Å². The Bertz CT molecular complexity index is 756. The second-order valence-corrected chi connectivity index (χ2v) is 6.07. The number of rotatable bonds is 6. The maximum Gasteiger partial charge on any atom is 0.220 e. The maximum atomic E-state index is 11.9. The summed E-state index contributed by atoms with van der Waals surface area (Å²) in [5.74, 6) is 0.0481. The molecule has 0 fully saturated rings. The Morgan fingerprint density at radius 3 is 2.78 bits per heavy atom. The van der Waals surface area contributed by atoms with Gasteiger partial charge in [0.25, 0.3) is 0 Å². The van der Waals surface area contributed by atoms with Crippen LogP contribution < -0.4 is 5.32 Å². The van der Waals surface area contributed by atoms with E-state index in [2.05, 4.69) is 15.3 Å². The average Bonchev–Trinajstić information content (AvgIpc) is 3.09. The molecule has 0 unspecified atom stereocenters. The number of aromatic nitrogens is 2. The minimum atomic E-state index is 0.0481. The first-order valence-corrected chi connectivity index (χ1v) is 8.34. The predicted molar refractivity (Wildman–Crippen MR) is 92.0 cm³/mol. The normalized spacial score (nSPS) is 10.4. The van der Waals surface area contributed by atoms with Gasteiger partial charge in [-0.15, -0.1) is 11.3 Å². The Hall–Kier alpha value is -2.53. The van der Waals surface area contributed by atoms with E-state index in [0.29, 0.717) is 19.4 Å². The van der Waals surface area contributed by atoms with Crippen molar-refractivity contribution in [3.63, 3.8) is 0 Å². The van der Waals surface area contributed by atoms with Crippen LogP contribution in [-0.4, -0.2) is 15.9 Å². The van der Waals surface area contributed by atoms with Crippen molar-refractivity contribution in [2.75, 3.05) is 0 Å². The molecule has 4 nitrogen and oxygen atoms in total. The minimum Gasteiger partial charge on any atom is -0.352 e. The highest BCUT2D eigenvalue weighted by Crippen LogP contribution is 2.21. The average molecular weight is 323 g/mol. The molecule has 0 atom stereocenters. The van der Waals surface area contributed by atoms with E-state index in [1.807, 2.05) is 47.8 Å². The van der Waals surface area contributed by atoms with Crippen LogP contribution in [0.25, 0.3) is 11.3 Å². The van der Waals surface area contributed by atoms with E-state index in [-0.39, 0.29) is 5.91 Å². The smallest absolute Gasteiger partial charge is 0.220 e. The van der Waals surface area contributed by atoms with Gasteiger partial charge in [-0.3, -0.25) is 9.78 Å². The van der Waals surface area contributed by atoms with Crippen molar-refractivity contribution in [1.29, 1.82) is 0 Å². The third-order valence-electron chi connectivity index (χ3n) is 3.41. The molecular formula is C18H17N3OS. The van der Waals surface area contributed by atoms with E-state index in [1.54, 1.807) is 23.7 Å². The molecule has 23 heavy (non-hydrogen) atoms. The summed E-state index contributed by atoms with van der Waals surface area (Å²) < 4.78 is 0. The number of nitrogens with one attached hydrogen (secondary N) is 1. The van der Waals surface area contributed by atoms with Crippen molar-refractivity contribution in [3.05, 3.63) is 70.8 Å². The number of thiazole rings is 1. The Kier molecular flexibility index (Phi) is 5.11. The highest BCUT2D eigenvalue weighted by molar-refractivity contribution is 7.09. The fourth-order valence-corrected chi connectivity index (χ4v) is 2.99. The van der Waals surface area contributed by atoms with Gasteiger partial charge in [0.2, 0.25) is 5.91 Å². The van der Waals surface area contributed by atoms with E-state index in [9.17, 15) is 4.79 Å². The molecule has 1 aromatic carbocycles. The Labute approximate surface area is 139 Å². The van der Waals surface area contributed by atoms with Gasteiger partial charge in [-0.1, -0.05) is 30.3 Å². The first kappa shape index (κ1) is 15.4. The summed E-state index contributed by atoms with van der Waals surface area (Å²) in [5.41, 5.74) is 3.03. The molecule has 3 rings (SSSR count). The highest BCUT2D eigenvalue weighted by atomic mass is 32.1. The fourth-order valence-electron chi connectivity index (χ4n) is 2.18. The number of carbonyl (C=O) groups excluding carboxylic acids is 1. The first-order valence-electron chi connectivity index (χ1n) is 7.47. The minimum absolute atomic E-state index is 0.0481. The van der Waals surface area contributed by atoms with E-state index in [0.717, 1.165) is 21.8 Å². The van der Waals surface area contributed by atoms with Gasteiger partial charge < -0.3 is 5.32 Å². The van der Waals surface area contributed by atoms with Crippen LogP contribution in [0.5, 0.6) is 0 Å². The molecule has 0 aliphatic carbocycles. The summed E-state index contributed by atoms with van der Waals surface area (Å²) in [4.78, 5) is 20.6. The number of benzene rings is 1. The molecule has 2 heterocycles. The molecule has 1 N–H and O–H groups in total. The molecule has 116 valence electrons. The predicted octanol–water partition coefficient (Wildman–Crippen LogP) is 3.45. The van der Waals surface area contributed by atoms with Crippen molar-refractivity contribution in [3.8, 4) is 11.3 Å². The fraction of sp³-hybridized carbons (Fsp3) is 0.167. The van der Waals surface area contributed by atoms with Crippen molar-refractivity contribution in [2.45, 2.75) is 19.4 Å². The van der Waals surface area contributed by atoms with Gasteiger partial charge in [0.15, 0.2) is 0 Å². The van der Waals surface area contributed by atoms with Gasteiger partial charge in [-0.05, 0) is 17.7 Å². The molecule has 0 aliphatic heterocycles. The van der Waals surface area contributed by atoms with Crippen LogP contribution in [0.4, 0.5) is 0 Å². The monoisotopic (exact) mass is 323 g/mol. The summed E-state index contributed by atoms with van der Waals surface area (Å²) in [5, 5.41) is 5.91. The number of aryl methyl sites for hydroxylation is 1. The molecular weight excluding hydrogens is 306 g/mol. The number of carbonyl (C=O) groups is 1. The first-order chi connectivity index (χ1) is 11.3. The molecule has 0 bridgehead atoms. The highest BCUT2D eigenvalue weighted by Gasteiger charge is 2.07. The van der Waals surface area contributed by atoms with E-state index in [1.165, 1.54) is 0 Å². The lowest BCUT2D eigenvalue weighted by Gasteiger charge is -2.04. The van der Waals surface area contributed by atoms with Crippen LogP contribution >= 0.6 is 11.3 Å². The van der Waals surface area contributed by atoms with Gasteiger partial charge in [-0.2, -0.15) is 0 Å². The Morgan fingerprint density at radius 2 is 2.00 bits per heavy atom.